The third-order valence-electron chi connectivity index (χ3n) is 6.38. The van der Waals surface area contributed by atoms with E-state index < -0.39 is 11.2 Å². The second-order valence-electron chi connectivity index (χ2n) is 11.2. The van der Waals surface area contributed by atoms with Gasteiger partial charge in [-0.1, -0.05) is 13.8 Å². The fourth-order valence-electron chi connectivity index (χ4n) is 3.52. The molecule has 1 aliphatic rings. The van der Waals surface area contributed by atoms with Gasteiger partial charge in [0.15, 0.2) is 0 Å². The van der Waals surface area contributed by atoms with E-state index >= 15 is 0 Å². The Morgan fingerprint density at radius 1 is 1.21 bits per heavy atom. The van der Waals surface area contributed by atoms with Crippen molar-refractivity contribution in [2.75, 3.05) is 30.3 Å². The minimum absolute atomic E-state index is 0.0775. The molecule has 1 aliphatic heterocycles. The number of ether oxygens (including phenoxy) is 1. The average molecular weight is 458 g/mol. The summed E-state index contributed by atoms with van der Waals surface area (Å²) in [5.41, 5.74) is 0.221. The molecule has 0 aliphatic carbocycles. The molecule has 0 bridgehead atoms. The van der Waals surface area contributed by atoms with Crippen molar-refractivity contribution in [3.8, 4) is 0 Å². The van der Waals surface area contributed by atoms with Gasteiger partial charge >= 0.3 is 6.09 Å². The molecule has 1 amide bonds. The van der Waals surface area contributed by atoms with Gasteiger partial charge in [0.25, 0.3) is 0 Å². The molecule has 1 aromatic heterocycles. The number of piperidine rings is 1. The molecule has 0 saturated carbocycles. The lowest BCUT2D eigenvalue weighted by molar-refractivity contribution is -0.0270. The Hall–Kier alpha value is -2.61. The SMILES string of the molecule is CC(C)(C)OC(=O)N1CCCC(Nc2ncc3cc(NCC(C)(C)C(C)(C)O)ccc3n2)C1. The maximum absolute atomic E-state index is 12.4. The Morgan fingerprint density at radius 2 is 1.94 bits per heavy atom. The number of fused-ring (bicyclic) bond motifs is 1. The first-order valence-corrected chi connectivity index (χ1v) is 11.7. The summed E-state index contributed by atoms with van der Waals surface area (Å²) in [6.07, 6.45) is 3.38. The third-order valence-corrected chi connectivity index (χ3v) is 6.38. The van der Waals surface area contributed by atoms with E-state index in [4.69, 9.17) is 4.74 Å². The number of benzene rings is 1. The molecule has 1 unspecified atom stereocenters. The molecule has 8 heteroatoms. The van der Waals surface area contributed by atoms with Crippen molar-refractivity contribution in [3.05, 3.63) is 24.4 Å². The highest BCUT2D eigenvalue weighted by atomic mass is 16.6. The highest BCUT2D eigenvalue weighted by Crippen LogP contribution is 2.31. The third kappa shape index (κ3) is 6.69. The van der Waals surface area contributed by atoms with Crippen LogP contribution >= 0.6 is 0 Å². The summed E-state index contributed by atoms with van der Waals surface area (Å²) >= 11 is 0. The molecular weight excluding hydrogens is 418 g/mol. The van der Waals surface area contributed by atoms with Crippen molar-refractivity contribution in [1.82, 2.24) is 14.9 Å². The molecule has 3 N–H and O–H groups in total. The number of nitrogens with one attached hydrogen (secondary N) is 2. The lowest BCUT2D eigenvalue weighted by Gasteiger charge is -2.37. The highest BCUT2D eigenvalue weighted by Gasteiger charge is 2.34. The average Bonchev–Trinajstić information content (AvgIpc) is 2.70. The van der Waals surface area contributed by atoms with Crippen LogP contribution in [-0.4, -0.2) is 62.9 Å². The first kappa shape index (κ1) is 25.0. The molecule has 2 heterocycles. The number of hydrogen-bond donors (Lipinski definition) is 3. The standard InChI is InChI=1S/C25H39N5O3/c1-23(2,3)33-22(31)30-12-8-9-19(15-30)28-21-26-14-17-13-18(10-11-20(17)29-21)27-16-24(4,5)25(6,7)32/h10-11,13-14,19,27,32H,8-9,12,15-16H2,1-7H3,(H,26,28,29). The van der Waals surface area contributed by atoms with Crippen LogP contribution in [0.4, 0.5) is 16.4 Å². The second kappa shape index (κ2) is 9.33. The molecule has 2 aromatic rings. The normalized spacial score (nSPS) is 17.7. The summed E-state index contributed by atoms with van der Waals surface area (Å²) < 4.78 is 5.51. The van der Waals surface area contributed by atoms with Crippen molar-refractivity contribution in [3.63, 3.8) is 0 Å². The summed E-state index contributed by atoms with van der Waals surface area (Å²) in [7, 11) is 0. The number of nitrogens with zero attached hydrogens (tertiary/aromatic N) is 3. The summed E-state index contributed by atoms with van der Waals surface area (Å²) in [5.74, 6) is 0.558. The van der Waals surface area contributed by atoms with Crippen LogP contribution in [0, 0.1) is 5.41 Å². The van der Waals surface area contributed by atoms with Crippen LogP contribution in [0.2, 0.25) is 0 Å². The van der Waals surface area contributed by atoms with Gasteiger partial charge in [-0.2, -0.15) is 0 Å². The van der Waals surface area contributed by atoms with E-state index in [0.29, 0.717) is 25.6 Å². The van der Waals surface area contributed by atoms with Crippen LogP contribution in [0.15, 0.2) is 24.4 Å². The van der Waals surface area contributed by atoms with Crippen LogP contribution < -0.4 is 10.6 Å². The molecule has 0 radical (unpaired) electrons. The van der Waals surface area contributed by atoms with Crippen molar-refractivity contribution >= 4 is 28.6 Å². The van der Waals surface area contributed by atoms with Gasteiger partial charge in [0.1, 0.15) is 5.60 Å². The summed E-state index contributed by atoms with van der Waals surface area (Å²) in [4.78, 5) is 23.3. The Balaban J connectivity index is 1.63. The molecule has 1 aromatic carbocycles. The second-order valence-corrected chi connectivity index (χ2v) is 11.2. The number of amides is 1. The number of hydrogen-bond acceptors (Lipinski definition) is 7. The van der Waals surface area contributed by atoms with Crippen LogP contribution in [-0.2, 0) is 4.74 Å². The smallest absolute Gasteiger partial charge is 0.410 e. The van der Waals surface area contributed by atoms with E-state index in [0.717, 1.165) is 29.4 Å². The van der Waals surface area contributed by atoms with Crippen LogP contribution in [0.25, 0.3) is 10.9 Å². The lowest BCUT2D eigenvalue weighted by atomic mass is 9.77. The minimum Gasteiger partial charge on any atom is -0.444 e. The minimum atomic E-state index is -0.793. The zero-order chi connectivity index (χ0) is 24.4. The van der Waals surface area contributed by atoms with Crippen molar-refractivity contribution in [2.45, 2.75) is 78.6 Å². The van der Waals surface area contributed by atoms with Gasteiger partial charge in [-0.15, -0.1) is 0 Å². The van der Waals surface area contributed by atoms with Crippen molar-refractivity contribution in [2.24, 2.45) is 5.41 Å². The van der Waals surface area contributed by atoms with Crippen LogP contribution in [0.5, 0.6) is 0 Å². The predicted molar refractivity (Wildman–Crippen MR) is 133 cm³/mol. The van der Waals surface area contributed by atoms with Gasteiger partial charge < -0.3 is 25.4 Å². The summed E-state index contributed by atoms with van der Waals surface area (Å²) in [6, 6.07) is 6.05. The van der Waals surface area contributed by atoms with Gasteiger partial charge in [-0.3, -0.25) is 0 Å². The number of rotatable bonds is 6. The lowest BCUT2D eigenvalue weighted by Crippen LogP contribution is -2.47. The molecule has 0 spiro atoms. The molecule has 1 atom stereocenters. The molecule has 3 rings (SSSR count). The Kier molecular flexibility index (Phi) is 7.07. The van der Waals surface area contributed by atoms with Gasteiger partial charge in [0.05, 0.1) is 11.1 Å². The van der Waals surface area contributed by atoms with Crippen LogP contribution in [0.3, 0.4) is 0 Å². The Labute approximate surface area is 197 Å². The zero-order valence-electron chi connectivity index (χ0n) is 21.0. The van der Waals surface area contributed by atoms with E-state index in [1.165, 1.54) is 0 Å². The highest BCUT2D eigenvalue weighted by molar-refractivity contribution is 5.82. The molecule has 8 nitrogen and oxygen atoms in total. The van der Waals surface area contributed by atoms with E-state index in [9.17, 15) is 9.90 Å². The predicted octanol–water partition coefficient (Wildman–Crippen LogP) is 4.65. The monoisotopic (exact) mass is 457 g/mol. The first-order valence-electron chi connectivity index (χ1n) is 11.7. The first-order chi connectivity index (χ1) is 15.2. The number of anilines is 2. The fourth-order valence-corrected chi connectivity index (χ4v) is 3.52. The van der Waals surface area contributed by atoms with Gasteiger partial charge in [0.2, 0.25) is 5.95 Å². The number of likely N-dealkylation sites (tertiary alicyclic amines) is 1. The van der Waals surface area contributed by atoms with Gasteiger partial charge in [-0.05, 0) is 65.7 Å². The topological polar surface area (TPSA) is 99.6 Å². The number of carbonyl (C=O) groups is 1. The van der Waals surface area contributed by atoms with Crippen molar-refractivity contribution < 1.29 is 14.6 Å². The van der Waals surface area contributed by atoms with E-state index in [-0.39, 0.29) is 17.6 Å². The zero-order valence-corrected chi connectivity index (χ0v) is 21.0. The maximum atomic E-state index is 12.4. The van der Waals surface area contributed by atoms with E-state index in [1.54, 1.807) is 4.90 Å². The molecule has 182 valence electrons. The largest absolute Gasteiger partial charge is 0.444 e. The number of aromatic nitrogens is 2. The molecule has 1 fully saturated rings. The summed E-state index contributed by atoms with van der Waals surface area (Å²) in [6.45, 7) is 15.3. The number of carbonyl (C=O) groups excluding carboxylic acids is 1. The number of aliphatic hydroxyl groups is 1. The Morgan fingerprint density at radius 3 is 2.61 bits per heavy atom. The maximum Gasteiger partial charge on any atom is 0.410 e. The van der Waals surface area contributed by atoms with Crippen molar-refractivity contribution in [1.29, 1.82) is 0 Å². The van der Waals surface area contributed by atoms with Gasteiger partial charge in [-0.25, -0.2) is 14.8 Å². The fraction of sp³-hybridized carbons (Fsp3) is 0.640. The van der Waals surface area contributed by atoms with Crippen LogP contribution in [0.1, 0.15) is 61.3 Å². The summed E-state index contributed by atoms with van der Waals surface area (Å²) in [5, 5.41) is 18.1. The molecule has 33 heavy (non-hydrogen) atoms. The quantitative estimate of drug-likeness (QED) is 0.580. The molecular formula is C25H39N5O3. The van der Waals surface area contributed by atoms with Gasteiger partial charge in [0, 0.05) is 48.4 Å². The van der Waals surface area contributed by atoms with E-state index in [1.807, 2.05) is 72.9 Å². The Bertz CT molecular complexity index is 978. The van der Waals surface area contributed by atoms with E-state index in [2.05, 4.69) is 20.6 Å². The molecule has 1 saturated heterocycles.